The number of carbonyl (C=O) groups excluding carboxylic acids is 2. The minimum absolute atomic E-state index is 0.507. The number of ether oxygens (including phenoxy) is 4. The average molecular weight is 471 g/mol. The van der Waals surface area contributed by atoms with Crippen molar-refractivity contribution < 1.29 is 28.5 Å². The minimum atomic E-state index is -0.645. The average Bonchev–Trinajstić information content (AvgIpc) is 2.81. The summed E-state index contributed by atoms with van der Waals surface area (Å²) in [5, 5.41) is 0. The van der Waals surface area contributed by atoms with Crippen molar-refractivity contribution in [3.05, 3.63) is 73.8 Å². The Morgan fingerprint density at radius 2 is 1.12 bits per heavy atom. The summed E-state index contributed by atoms with van der Waals surface area (Å²) in [4.78, 5) is 25.0. The molecule has 0 radical (unpaired) electrons. The van der Waals surface area contributed by atoms with Crippen LogP contribution in [-0.2, 0) is 19.1 Å². The summed E-state index contributed by atoms with van der Waals surface area (Å²) >= 11 is 1.58. The Morgan fingerprint density at radius 1 is 0.758 bits per heavy atom. The maximum absolute atomic E-state index is 11.5. The zero-order valence-corrected chi connectivity index (χ0v) is 19.8. The highest BCUT2D eigenvalue weighted by Gasteiger charge is 2.15. The maximum Gasteiger partial charge on any atom is 0.333 e. The van der Waals surface area contributed by atoms with Crippen molar-refractivity contribution in [1.82, 2.24) is 0 Å². The Balaban J connectivity index is 1.95. The summed E-state index contributed by atoms with van der Waals surface area (Å²) in [7, 11) is 0. The van der Waals surface area contributed by atoms with Crippen LogP contribution in [0.25, 0.3) is 0 Å². The largest absolute Gasteiger partial charge is 0.455 e. The molecule has 176 valence electrons. The van der Waals surface area contributed by atoms with Gasteiger partial charge in [0.25, 0.3) is 0 Å². The maximum atomic E-state index is 11.5. The van der Waals surface area contributed by atoms with E-state index in [-0.39, 0.29) is 0 Å². The van der Waals surface area contributed by atoms with Crippen molar-refractivity contribution in [1.29, 1.82) is 0 Å². The van der Waals surface area contributed by atoms with E-state index in [4.69, 9.17) is 18.9 Å². The molecule has 2 unspecified atom stereocenters. The van der Waals surface area contributed by atoms with Crippen LogP contribution in [0.4, 0.5) is 0 Å². The van der Waals surface area contributed by atoms with Gasteiger partial charge in [0, 0.05) is 34.8 Å². The zero-order chi connectivity index (χ0) is 24.1. The van der Waals surface area contributed by atoms with Crippen LogP contribution in [0.1, 0.15) is 39.5 Å². The molecule has 0 saturated carbocycles. The standard InChI is InChI=1S/C26H30O6S/c1-5-9-25(31-23(27)7-3)29-19-11-15-21(16-12-19)33-22-17-13-20(14-18-22)30-26(10-6-2)32-24(28)8-4/h7-8,11-18,25-26H,3-6,9-10H2,1-2H3. The molecule has 0 saturated heterocycles. The molecule has 2 atom stereocenters. The van der Waals surface area contributed by atoms with E-state index in [1.165, 1.54) is 0 Å². The van der Waals surface area contributed by atoms with E-state index in [2.05, 4.69) is 13.2 Å². The summed E-state index contributed by atoms with van der Waals surface area (Å²) < 4.78 is 22.0. The second-order valence-corrected chi connectivity index (χ2v) is 8.15. The van der Waals surface area contributed by atoms with Gasteiger partial charge in [-0.25, -0.2) is 9.59 Å². The lowest BCUT2D eigenvalue weighted by atomic mass is 10.3. The summed E-state index contributed by atoms with van der Waals surface area (Å²) in [6, 6.07) is 15.1. The lowest BCUT2D eigenvalue weighted by Gasteiger charge is -2.18. The molecule has 2 aromatic carbocycles. The van der Waals surface area contributed by atoms with Gasteiger partial charge in [0.1, 0.15) is 11.5 Å². The predicted octanol–water partition coefficient (Wildman–Crippen LogP) is 6.31. The third kappa shape index (κ3) is 9.45. The molecular formula is C26H30O6S. The van der Waals surface area contributed by atoms with Crippen LogP contribution < -0.4 is 9.47 Å². The van der Waals surface area contributed by atoms with Gasteiger partial charge in [0.2, 0.25) is 12.6 Å². The van der Waals surface area contributed by atoms with Gasteiger partial charge in [-0.15, -0.1) is 0 Å². The first-order chi connectivity index (χ1) is 16.0. The summed E-state index contributed by atoms with van der Waals surface area (Å²) in [5.74, 6) is 0.227. The number of rotatable bonds is 14. The number of esters is 2. The molecule has 33 heavy (non-hydrogen) atoms. The lowest BCUT2D eigenvalue weighted by molar-refractivity contribution is -0.159. The van der Waals surface area contributed by atoms with Crippen molar-refractivity contribution in [2.75, 3.05) is 0 Å². The van der Waals surface area contributed by atoms with E-state index in [9.17, 15) is 9.59 Å². The Labute approximate surface area is 199 Å². The fraction of sp³-hybridized carbons (Fsp3) is 0.308. The third-order valence-corrected chi connectivity index (χ3v) is 5.31. The third-order valence-electron chi connectivity index (χ3n) is 4.30. The molecule has 0 aliphatic rings. The number of hydrogen-bond donors (Lipinski definition) is 0. The Bertz CT molecular complexity index is 832. The van der Waals surface area contributed by atoms with E-state index in [1.54, 1.807) is 11.8 Å². The molecule has 0 aromatic heterocycles. The molecule has 0 bridgehead atoms. The van der Waals surface area contributed by atoms with Crippen LogP contribution in [0.3, 0.4) is 0 Å². The lowest BCUT2D eigenvalue weighted by Crippen LogP contribution is -2.23. The highest BCUT2D eigenvalue weighted by Crippen LogP contribution is 2.31. The van der Waals surface area contributed by atoms with Gasteiger partial charge >= 0.3 is 11.9 Å². The first-order valence-corrected chi connectivity index (χ1v) is 11.7. The van der Waals surface area contributed by atoms with Crippen LogP contribution >= 0.6 is 11.8 Å². The SMILES string of the molecule is C=CC(=O)OC(CCC)Oc1ccc(Sc2ccc(OC(CCC)OC(=O)C=C)cc2)cc1. The predicted molar refractivity (Wildman–Crippen MR) is 128 cm³/mol. The number of hydrogen-bond acceptors (Lipinski definition) is 7. The number of benzene rings is 2. The molecule has 0 N–H and O–H groups in total. The van der Waals surface area contributed by atoms with Gasteiger partial charge in [-0.05, 0) is 61.4 Å². The normalized spacial score (nSPS) is 12.2. The van der Waals surface area contributed by atoms with Crippen LogP contribution in [0.15, 0.2) is 83.6 Å². The Morgan fingerprint density at radius 3 is 1.42 bits per heavy atom. The van der Waals surface area contributed by atoms with Crippen LogP contribution in [0, 0.1) is 0 Å². The van der Waals surface area contributed by atoms with Gasteiger partial charge in [-0.3, -0.25) is 0 Å². The van der Waals surface area contributed by atoms with Crippen molar-refractivity contribution in [2.24, 2.45) is 0 Å². The van der Waals surface area contributed by atoms with Gasteiger partial charge in [0.05, 0.1) is 0 Å². The van der Waals surface area contributed by atoms with E-state index in [1.807, 2.05) is 62.4 Å². The first kappa shape index (κ1) is 26.1. The summed E-state index contributed by atoms with van der Waals surface area (Å²) in [6.07, 6.45) is 3.78. The summed E-state index contributed by atoms with van der Waals surface area (Å²) in [6.45, 7) is 10.8. The van der Waals surface area contributed by atoms with Crippen LogP contribution in [0.2, 0.25) is 0 Å². The van der Waals surface area contributed by atoms with Gasteiger partial charge in [-0.1, -0.05) is 38.8 Å². The molecule has 0 heterocycles. The van der Waals surface area contributed by atoms with Gasteiger partial charge in [-0.2, -0.15) is 0 Å². The van der Waals surface area contributed by atoms with Crippen LogP contribution in [-0.4, -0.2) is 24.5 Å². The van der Waals surface area contributed by atoms with Crippen molar-refractivity contribution >= 4 is 23.7 Å². The molecular weight excluding hydrogens is 440 g/mol. The van der Waals surface area contributed by atoms with Crippen molar-refractivity contribution in [3.63, 3.8) is 0 Å². The molecule has 2 rings (SSSR count). The highest BCUT2D eigenvalue weighted by molar-refractivity contribution is 7.99. The van der Waals surface area contributed by atoms with Gasteiger partial charge in [0.15, 0.2) is 0 Å². The molecule has 7 heteroatoms. The molecule has 2 aromatic rings. The quantitative estimate of drug-likeness (QED) is 0.182. The highest BCUT2D eigenvalue weighted by atomic mass is 32.2. The second-order valence-electron chi connectivity index (χ2n) is 7.00. The Hall–Kier alpha value is -3.19. The molecule has 0 spiro atoms. The smallest absolute Gasteiger partial charge is 0.333 e. The molecule has 0 fully saturated rings. The van der Waals surface area contributed by atoms with E-state index in [0.717, 1.165) is 34.8 Å². The van der Waals surface area contributed by atoms with E-state index < -0.39 is 24.5 Å². The first-order valence-electron chi connectivity index (χ1n) is 10.8. The minimum Gasteiger partial charge on any atom is -0.455 e. The number of carbonyl (C=O) groups is 2. The fourth-order valence-electron chi connectivity index (χ4n) is 2.72. The topological polar surface area (TPSA) is 71.1 Å². The second kappa shape index (κ2) is 14.1. The Kier molecular flexibility index (Phi) is 11.1. The van der Waals surface area contributed by atoms with Crippen molar-refractivity contribution in [2.45, 2.75) is 61.9 Å². The molecule has 0 aliphatic heterocycles. The monoisotopic (exact) mass is 470 g/mol. The molecule has 0 aliphatic carbocycles. The van der Waals surface area contributed by atoms with Crippen LogP contribution in [0.5, 0.6) is 11.5 Å². The van der Waals surface area contributed by atoms with Crippen molar-refractivity contribution in [3.8, 4) is 11.5 Å². The fourth-order valence-corrected chi connectivity index (χ4v) is 3.54. The van der Waals surface area contributed by atoms with Gasteiger partial charge < -0.3 is 18.9 Å². The summed E-state index contributed by atoms with van der Waals surface area (Å²) in [5.41, 5.74) is 0. The molecule has 6 nitrogen and oxygen atoms in total. The van der Waals surface area contributed by atoms with E-state index >= 15 is 0 Å². The molecule has 0 amide bonds. The van der Waals surface area contributed by atoms with E-state index in [0.29, 0.717) is 24.3 Å². The zero-order valence-electron chi connectivity index (χ0n) is 19.0.